The number of hydrogen-bond acceptors (Lipinski definition) is 7. The van der Waals surface area contributed by atoms with E-state index in [1.165, 1.54) is 11.3 Å². The second kappa shape index (κ2) is 10.8. The second-order valence-corrected chi connectivity index (χ2v) is 12.4. The molecule has 0 saturated heterocycles. The number of carbonyl (C=O) groups excluding carboxylic acids is 1. The van der Waals surface area contributed by atoms with Crippen LogP contribution in [0, 0.1) is 7.14 Å². The number of thioether (sulfide) groups is 1. The Kier molecular flexibility index (Phi) is 8.13. The van der Waals surface area contributed by atoms with Gasteiger partial charge in [-0.2, -0.15) is 0 Å². The molecule has 10 heteroatoms. The average molecular weight is 732 g/mol. The highest BCUT2D eigenvalue weighted by Gasteiger charge is 2.33. The predicted molar refractivity (Wildman–Crippen MR) is 157 cm³/mol. The minimum atomic E-state index is -0.666. The summed E-state index contributed by atoms with van der Waals surface area (Å²) in [4.78, 5) is 33.1. The van der Waals surface area contributed by atoms with Crippen LogP contribution in [0.5, 0.6) is 5.75 Å². The van der Waals surface area contributed by atoms with Gasteiger partial charge in [0, 0.05) is 14.0 Å². The number of phenols is 1. The van der Waals surface area contributed by atoms with Gasteiger partial charge >= 0.3 is 5.97 Å². The van der Waals surface area contributed by atoms with Crippen LogP contribution in [0.4, 0.5) is 0 Å². The Labute approximate surface area is 238 Å². The SMILES string of the molecule is CSc1ccc([C@@H]2C(C(=O)OC(C)C)=C(C)N=c3s/c(=C\c4cc(I)cc(I)c4O)c(=O)n32)cc1. The lowest BCUT2D eigenvalue weighted by molar-refractivity contribution is -0.143. The molecule has 2 aromatic carbocycles. The van der Waals surface area contributed by atoms with Gasteiger partial charge in [0.15, 0.2) is 4.80 Å². The fraction of sp³-hybridized carbons (Fsp3) is 0.240. The van der Waals surface area contributed by atoms with E-state index in [1.54, 1.807) is 43.2 Å². The summed E-state index contributed by atoms with van der Waals surface area (Å²) in [6.07, 6.45) is 3.37. The summed E-state index contributed by atoms with van der Waals surface area (Å²) < 4.78 is 9.18. The molecular formula is C25H22I2N2O4S2. The van der Waals surface area contributed by atoms with Crippen LogP contribution in [0.2, 0.25) is 0 Å². The molecule has 35 heavy (non-hydrogen) atoms. The molecule has 1 atom stereocenters. The lowest BCUT2D eigenvalue weighted by Crippen LogP contribution is -2.40. The van der Waals surface area contributed by atoms with Gasteiger partial charge in [-0.25, -0.2) is 9.79 Å². The van der Waals surface area contributed by atoms with Crippen molar-refractivity contribution in [1.82, 2.24) is 4.57 Å². The first-order valence-electron chi connectivity index (χ1n) is 10.7. The van der Waals surface area contributed by atoms with E-state index in [4.69, 9.17) is 4.74 Å². The van der Waals surface area contributed by atoms with Gasteiger partial charge in [0.25, 0.3) is 5.56 Å². The fourth-order valence-electron chi connectivity index (χ4n) is 3.80. The summed E-state index contributed by atoms with van der Waals surface area (Å²) in [5.74, 6) is -0.363. The van der Waals surface area contributed by atoms with Crippen LogP contribution in [-0.2, 0) is 9.53 Å². The number of thiazole rings is 1. The number of nitrogens with zero attached hydrogens (tertiary/aromatic N) is 2. The maximum Gasteiger partial charge on any atom is 0.338 e. The molecule has 0 spiro atoms. The number of rotatable bonds is 5. The fourth-order valence-corrected chi connectivity index (χ4v) is 7.13. The van der Waals surface area contributed by atoms with Crippen molar-refractivity contribution in [3.05, 3.63) is 85.6 Å². The molecular weight excluding hydrogens is 710 g/mol. The lowest BCUT2D eigenvalue weighted by atomic mass is 9.96. The minimum Gasteiger partial charge on any atom is -0.506 e. The lowest BCUT2D eigenvalue weighted by Gasteiger charge is -2.25. The third-order valence-corrected chi connectivity index (χ3v) is 8.53. The van der Waals surface area contributed by atoms with E-state index in [0.717, 1.165) is 14.0 Å². The van der Waals surface area contributed by atoms with Crippen LogP contribution in [-0.4, -0.2) is 28.0 Å². The number of ether oxygens (including phenoxy) is 1. The highest BCUT2D eigenvalue weighted by Crippen LogP contribution is 2.32. The van der Waals surface area contributed by atoms with Crippen molar-refractivity contribution in [2.45, 2.75) is 37.8 Å². The first-order chi connectivity index (χ1) is 16.6. The van der Waals surface area contributed by atoms with Gasteiger partial charge in [-0.05, 0) is 108 Å². The number of fused-ring (bicyclic) bond motifs is 1. The van der Waals surface area contributed by atoms with Crippen LogP contribution in [0.3, 0.4) is 0 Å². The molecule has 3 aromatic rings. The molecule has 2 heterocycles. The zero-order valence-electron chi connectivity index (χ0n) is 19.3. The van der Waals surface area contributed by atoms with Crippen LogP contribution < -0.4 is 14.9 Å². The molecule has 1 aliphatic rings. The highest BCUT2D eigenvalue weighted by molar-refractivity contribution is 14.1. The number of hydrogen-bond donors (Lipinski definition) is 1. The number of benzene rings is 2. The van der Waals surface area contributed by atoms with Crippen molar-refractivity contribution < 1.29 is 14.6 Å². The van der Waals surface area contributed by atoms with Crippen molar-refractivity contribution >= 4 is 80.3 Å². The molecule has 6 nitrogen and oxygen atoms in total. The molecule has 0 radical (unpaired) electrons. The van der Waals surface area contributed by atoms with E-state index < -0.39 is 12.0 Å². The quantitative estimate of drug-likeness (QED) is 0.231. The molecule has 1 aliphatic heterocycles. The summed E-state index contributed by atoms with van der Waals surface area (Å²) >= 11 is 7.11. The molecule has 0 fully saturated rings. The number of phenolic OH excluding ortho intramolecular Hbond substituents is 1. The smallest absolute Gasteiger partial charge is 0.338 e. The number of esters is 1. The van der Waals surface area contributed by atoms with Gasteiger partial charge in [0.05, 0.1) is 31.5 Å². The second-order valence-electron chi connectivity index (χ2n) is 8.13. The number of halogens is 2. The Morgan fingerprint density at radius 2 is 1.94 bits per heavy atom. The van der Waals surface area contributed by atoms with Crippen LogP contribution in [0.25, 0.3) is 6.08 Å². The van der Waals surface area contributed by atoms with E-state index in [2.05, 4.69) is 50.2 Å². The standard InChI is InChI=1S/C25H22I2N2O4S2/c1-12(2)33-24(32)20-13(3)28-25-29(21(20)14-5-7-17(34-4)8-6-14)23(31)19(35-25)10-15-9-16(26)11-18(27)22(15)30/h5-12,21,30H,1-4H3/b19-10-/t21-/m1/s1. The molecule has 0 aliphatic carbocycles. The normalized spacial score (nSPS) is 15.9. The van der Waals surface area contributed by atoms with Crippen molar-refractivity contribution in [3.63, 3.8) is 0 Å². The number of allylic oxidation sites excluding steroid dienone is 1. The third-order valence-electron chi connectivity index (χ3n) is 5.36. The van der Waals surface area contributed by atoms with Crippen LogP contribution in [0.15, 0.2) is 62.4 Å². The van der Waals surface area contributed by atoms with Gasteiger partial charge in [-0.1, -0.05) is 23.5 Å². The molecule has 182 valence electrons. The summed E-state index contributed by atoms with van der Waals surface area (Å²) in [6, 6.07) is 10.8. The Balaban J connectivity index is 1.96. The van der Waals surface area contributed by atoms with Gasteiger partial charge < -0.3 is 9.84 Å². The number of carbonyl (C=O) groups is 1. The van der Waals surface area contributed by atoms with Crippen molar-refractivity contribution in [2.75, 3.05) is 6.26 Å². The highest BCUT2D eigenvalue weighted by atomic mass is 127. The maximum absolute atomic E-state index is 13.7. The summed E-state index contributed by atoms with van der Waals surface area (Å²) in [6.45, 7) is 5.35. The third kappa shape index (κ3) is 5.39. The zero-order chi connectivity index (χ0) is 25.4. The van der Waals surface area contributed by atoms with Crippen molar-refractivity contribution in [2.24, 2.45) is 4.99 Å². The zero-order valence-corrected chi connectivity index (χ0v) is 25.3. The van der Waals surface area contributed by atoms with Gasteiger partial charge in [0.1, 0.15) is 5.75 Å². The monoisotopic (exact) mass is 732 g/mol. The largest absolute Gasteiger partial charge is 0.506 e. The topological polar surface area (TPSA) is 80.9 Å². The summed E-state index contributed by atoms with van der Waals surface area (Å²) in [5, 5.41) is 10.6. The molecule has 1 aromatic heterocycles. The van der Waals surface area contributed by atoms with Crippen LogP contribution >= 0.6 is 68.3 Å². The Morgan fingerprint density at radius 1 is 1.26 bits per heavy atom. The summed E-state index contributed by atoms with van der Waals surface area (Å²) in [7, 11) is 0. The minimum absolute atomic E-state index is 0.124. The number of aromatic hydroxyl groups is 1. The molecule has 1 N–H and O–H groups in total. The van der Waals surface area contributed by atoms with E-state index in [9.17, 15) is 14.7 Å². The van der Waals surface area contributed by atoms with Gasteiger partial charge in [0.2, 0.25) is 0 Å². The van der Waals surface area contributed by atoms with Gasteiger partial charge in [-0.15, -0.1) is 11.8 Å². The maximum atomic E-state index is 13.7. The summed E-state index contributed by atoms with van der Waals surface area (Å²) in [5.41, 5.74) is 1.95. The van der Waals surface area contributed by atoms with Crippen LogP contribution in [0.1, 0.15) is 37.9 Å². The first kappa shape index (κ1) is 26.4. The molecule has 0 bridgehead atoms. The Bertz CT molecular complexity index is 1520. The van der Waals surface area contributed by atoms with Crippen molar-refractivity contribution in [1.29, 1.82) is 0 Å². The number of aromatic nitrogens is 1. The van der Waals surface area contributed by atoms with E-state index in [-0.39, 0.29) is 17.4 Å². The predicted octanol–water partition coefficient (Wildman–Crippen LogP) is 4.82. The molecule has 4 rings (SSSR count). The van der Waals surface area contributed by atoms with Crippen molar-refractivity contribution in [3.8, 4) is 5.75 Å². The van der Waals surface area contributed by atoms with E-state index in [0.29, 0.717) is 29.7 Å². The first-order valence-corrected chi connectivity index (χ1v) is 14.9. The van der Waals surface area contributed by atoms with E-state index >= 15 is 0 Å². The molecule has 0 saturated carbocycles. The van der Waals surface area contributed by atoms with E-state index in [1.807, 2.05) is 42.7 Å². The van der Waals surface area contributed by atoms with Gasteiger partial charge in [-0.3, -0.25) is 9.36 Å². The average Bonchev–Trinajstić information content (AvgIpc) is 3.10. The Morgan fingerprint density at radius 3 is 2.57 bits per heavy atom. The molecule has 0 unspecified atom stereocenters. The molecule has 0 amide bonds. The Hall–Kier alpha value is -1.64.